The molecule has 0 aromatic heterocycles. The average Bonchev–Trinajstić information content (AvgIpc) is 2.83. The van der Waals surface area contributed by atoms with Crippen LogP contribution >= 0.6 is 0 Å². The number of nitrogens with two attached hydrogens (primary N) is 2. The van der Waals surface area contributed by atoms with E-state index in [0.717, 1.165) is 9.87 Å². The molecule has 0 heterocycles. The Bertz CT molecular complexity index is 1110. The molecule has 0 aliphatic heterocycles. The first-order valence-corrected chi connectivity index (χ1v) is 13.8. The lowest BCUT2D eigenvalue weighted by atomic mass is 10.0. The number of carbonyl (C=O) groups excluding carboxylic acids is 3. The fraction of sp³-hybridized carbons (Fsp3) is 0.423. The molecule has 10 nitrogen and oxygen atoms in total. The van der Waals surface area contributed by atoms with E-state index in [1.807, 2.05) is 30.3 Å². The van der Waals surface area contributed by atoms with Crippen LogP contribution in [0.4, 0.5) is 0 Å². The van der Waals surface area contributed by atoms with Crippen LogP contribution in [0.3, 0.4) is 0 Å². The van der Waals surface area contributed by atoms with Gasteiger partial charge >= 0.3 is 0 Å². The summed E-state index contributed by atoms with van der Waals surface area (Å²) in [6, 6.07) is 16.4. The van der Waals surface area contributed by atoms with Gasteiger partial charge < -0.3 is 22.1 Å². The van der Waals surface area contributed by atoms with Gasteiger partial charge in [0.25, 0.3) is 0 Å². The molecule has 2 unspecified atom stereocenters. The van der Waals surface area contributed by atoms with Gasteiger partial charge in [0.15, 0.2) is 0 Å². The molecular formula is C26H37N5O5S. The number of hydrogen-bond acceptors (Lipinski definition) is 6. The van der Waals surface area contributed by atoms with Crippen LogP contribution in [0.1, 0.15) is 37.3 Å². The summed E-state index contributed by atoms with van der Waals surface area (Å²) in [7, 11) is -3.95. The molecule has 37 heavy (non-hydrogen) atoms. The Labute approximate surface area is 218 Å². The largest absolute Gasteiger partial charge is 0.369 e. The van der Waals surface area contributed by atoms with Crippen LogP contribution in [0.15, 0.2) is 60.7 Å². The van der Waals surface area contributed by atoms with Crippen LogP contribution in [0.25, 0.3) is 0 Å². The normalized spacial score (nSPS) is 13.1. The van der Waals surface area contributed by atoms with E-state index in [1.165, 1.54) is 6.92 Å². The van der Waals surface area contributed by atoms with Gasteiger partial charge in [-0.1, -0.05) is 60.7 Å². The standard InChI is InChI=1S/C26H37N5O5S/c1-20(32)29-24(14-8-9-15-27)26(34)30-23(16-21-10-4-2-5-11-21)17-31(18-25(28)33)37(35,36)19-22-12-6-3-7-13-22/h2-7,10-13,23-24H,8-9,14-19,27H2,1H3,(H2,28,33)(H,29,32)(H,30,34). The lowest BCUT2D eigenvalue weighted by Gasteiger charge is -2.28. The van der Waals surface area contributed by atoms with Crippen molar-refractivity contribution >= 4 is 27.7 Å². The molecule has 0 aliphatic rings. The van der Waals surface area contributed by atoms with Crippen molar-refractivity contribution in [2.24, 2.45) is 11.5 Å². The third-order valence-electron chi connectivity index (χ3n) is 5.65. The maximum Gasteiger partial charge on any atom is 0.242 e. The summed E-state index contributed by atoms with van der Waals surface area (Å²) in [6.07, 6.45) is 2.02. The summed E-state index contributed by atoms with van der Waals surface area (Å²) in [6.45, 7) is 1.10. The first-order valence-electron chi connectivity index (χ1n) is 12.2. The molecule has 0 aliphatic carbocycles. The summed E-state index contributed by atoms with van der Waals surface area (Å²) in [4.78, 5) is 36.7. The number of benzene rings is 2. The minimum atomic E-state index is -3.95. The van der Waals surface area contributed by atoms with Crippen LogP contribution < -0.4 is 22.1 Å². The van der Waals surface area contributed by atoms with Crippen molar-refractivity contribution < 1.29 is 22.8 Å². The lowest BCUT2D eigenvalue weighted by molar-refractivity contribution is -0.128. The first kappa shape index (κ1) is 29.9. The molecule has 2 atom stereocenters. The van der Waals surface area contributed by atoms with E-state index < -0.39 is 40.5 Å². The molecule has 0 saturated carbocycles. The number of nitrogens with zero attached hydrogens (tertiary/aromatic N) is 1. The molecule has 3 amide bonds. The summed E-state index contributed by atoms with van der Waals surface area (Å²) in [5.74, 6) is -1.92. The Balaban J connectivity index is 2.30. The SMILES string of the molecule is CC(=O)NC(CCCCN)C(=O)NC(Cc1ccccc1)CN(CC(N)=O)S(=O)(=O)Cc1ccccc1. The quantitative estimate of drug-likeness (QED) is 0.232. The van der Waals surface area contributed by atoms with E-state index in [4.69, 9.17) is 11.5 Å². The second-order valence-corrected chi connectivity index (χ2v) is 10.9. The van der Waals surface area contributed by atoms with Crippen molar-refractivity contribution in [1.29, 1.82) is 0 Å². The molecular weight excluding hydrogens is 494 g/mol. The van der Waals surface area contributed by atoms with Crippen molar-refractivity contribution in [3.63, 3.8) is 0 Å². The zero-order valence-electron chi connectivity index (χ0n) is 21.1. The van der Waals surface area contributed by atoms with Crippen molar-refractivity contribution in [3.8, 4) is 0 Å². The molecule has 11 heteroatoms. The van der Waals surface area contributed by atoms with Crippen LogP contribution in [0, 0.1) is 0 Å². The van der Waals surface area contributed by atoms with Crippen LogP contribution in [-0.4, -0.2) is 62.2 Å². The Morgan fingerprint density at radius 2 is 1.51 bits per heavy atom. The number of hydrogen-bond donors (Lipinski definition) is 4. The zero-order valence-corrected chi connectivity index (χ0v) is 22.0. The Kier molecular flexibility index (Phi) is 12.2. The van der Waals surface area contributed by atoms with E-state index in [2.05, 4.69) is 10.6 Å². The molecule has 0 radical (unpaired) electrons. The maximum absolute atomic E-state index is 13.3. The van der Waals surface area contributed by atoms with Gasteiger partial charge in [-0.25, -0.2) is 8.42 Å². The van der Waals surface area contributed by atoms with Gasteiger partial charge in [0, 0.05) is 19.5 Å². The molecule has 202 valence electrons. The Morgan fingerprint density at radius 1 is 0.919 bits per heavy atom. The van der Waals surface area contributed by atoms with Gasteiger partial charge in [0.2, 0.25) is 27.7 Å². The Morgan fingerprint density at radius 3 is 2.05 bits per heavy atom. The van der Waals surface area contributed by atoms with Crippen molar-refractivity contribution in [2.75, 3.05) is 19.6 Å². The predicted molar refractivity (Wildman–Crippen MR) is 142 cm³/mol. The molecule has 0 spiro atoms. The highest BCUT2D eigenvalue weighted by Crippen LogP contribution is 2.14. The lowest BCUT2D eigenvalue weighted by Crippen LogP contribution is -2.54. The second-order valence-electron chi connectivity index (χ2n) is 8.93. The molecule has 0 saturated heterocycles. The van der Waals surface area contributed by atoms with Gasteiger partial charge in [-0.05, 0) is 43.4 Å². The van der Waals surface area contributed by atoms with E-state index in [1.54, 1.807) is 30.3 Å². The fourth-order valence-electron chi connectivity index (χ4n) is 3.94. The van der Waals surface area contributed by atoms with Crippen LogP contribution in [0.2, 0.25) is 0 Å². The average molecular weight is 532 g/mol. The number of primary amides is 1. The molecule has 0 bridgehead atoms. The number of rotatable bonds is 16. The van der Waals surface area contributed by atoms with E-state index in [-0.39, 0.29) is 18.2 Å². The number of amides is 3. The smallest absolute Gasteiger partial charge is 0.242 e. The zero-order chi connectivity index (χ0) is 27.3. The van der Waals surface area contributed by atoms with Crippen molar-refractivity contribution in [1.82, 2.24) is 14.9 Å². The van der Waals surface area contributed by atoms with Crippen molar-refractivity contribution in [2.45, 2.75) is 50.4 Å². The third kappa shape index (κ3) is 11.1. The molecule has 0 fully saturated rings. The highest BCUT2D eigenvalue weighted by atomic mass is 32.2. The van der Waals surface area contributed by atoms with Crippen LogP contribution in [0.5, 0.6) is 0 Å². The molecule has 6 N–H and O–H groups in total. The summed E-state index contributed by atoms with van der Waals surface area (Å²) in [5, 5.41) is 5.55. The number of unbranched alkanes of at least 4 members (excludes halogenated alkanes) is 1. The van der Waals surface area contributed by atoms with Gasteiger partial charge in [0.1, 0.15) is 6.04 Å². The molecule has 2 aromatic rings. The van der Waals surface area contributed by atoms with Gasteiger partial charge in [-0.3, -0.25) is 14.4 Å². The summed E-state index contributed by atoms with van der Waals surface area (Å²) in [5.41, 5.74) is 12.4. The van der Waals surface area contributed by atoms with Crippen LogP contribution in [-0.2, 0) is 36.6 Å². The van der Waals surface area contributed by atoms with E-state index in [0.29, 0.717) is 37.8 Å². The first-order chi connectivity index (χ1) is 17.6. The number of nitrogens with one attached hydrogen (secondary N) is 2. The van der Waals surface area contributed by atoms with Crippen molar-refractivity contribution in [3.05, 3.63) is 71.8 Å². The molecule has 2 aromatic carbocycles. The topological polar surface area (TPSA) is 165 Å². The fourth-order valence-corrected chi connectivity index (χ4v) is 5.47. The minimum absolute atomic E-state index is 0.172. The molecule has 2 rings (SSSR count). The van der Waals surface area contributed by atoms with E-state index in [9.17, 15) is 22.8 Å². The number of carbonyl (C=O) groups is 3. The summed E-state index contributed by atoms with van der Waals surface area (Å²) < 4.78 is 27.6. The highest BCUT2D eigenvalue weighted by Gasteiger charge is 2.29. The van der Waals surface area contributed by atoms with Gasteiger partial charge in [-0.2, -0.15) is 4.31 Å². The number of sulfonamides is 1. The summed E-state index contributed by atoms with van der Waals surface area (Å²) >= 11 is 0. The second kappa shape index (κ2) is 15.1. The predicted octanol–water partition coefficient (Wildman–Crippen LogP) is 0.665. The van der Waals surface area contributed by atoms with Gasteiger partial charge in [-0.15, -0.1) is 0 Å². The monoisotopic (exact) mass is 531 g/mol. The maximum atomic E-state index is 13.3. The Hall–Kier alpha value is -3.28. The highest BCUT2D eigenvalue weighted by molar-refractivity contribution is 7.88. The van der Waals surface area contributed by atoms with E-state index >= 15 is 0 Å². The minimum Gasteiger partial charge on any atom is -0.369 e. The third-order valence-corrected chi connectivity index (χ3v) is 7.42. The van der Waals surface area contributed by atoms with Gasteiger partial charge in [0.05, 0.1) is 12.3 Å².